The van der Waals surface area contributed by atoms with Gasteiger partial charge >= 0.3 is 0 Å². The van der Waals surface area contributed by atoms with Crippen molar-refractivity contribution in [3.63, 3.8) is 0 Å². The molecule has 0 spiro atoms. The molecule has 0 saturated heterocycles. The molecule has 4 heteroatoms. The summed E-state index contributed by atoms with van der Waals surface area (Å²) in [4.78, 5) is 3.32. The van der Waals surface area contributed by atoms with E-state index in [0.717, 1.165) is 0 Å². The van der Waals surface area contributed by atoms with Gasteiger partial charge in [0.25, 0.3) is 0 Å². The third-order valence-electron chi connectivity index (χ3n) is 12.5. The van der Waals surface area contributed by atoms with Crippen LogP contribution in [-0.4, -0.2) is 8.80 Å². The lowest BCUT2D eigenvalue weighted by molar-refractivity contribution is 0.591. The first-order valence-corrected chi connectivity index (χ1v) is 21.6. The van der Waals surface area contributed by atoms with E-state index in [1.807, 2.05) is 57.2 Å². The normalized spacial score (nSPS) is 17.8. The standard InChI is InChI=1S/C62H50N4/c1-61(2,3)39-27-31-51-49(35-39)57-53(63(41-19-11-7-12-20-41)42-21-13-8-14-22-42)33-29-45-47-38-56-48(37-55(47)65(51)59(45)57)46-30-34-54(64(43-23-15-9-16-24-43)44-25-17-10-18-26-44)58-50-36-40(62(4,5)6)28-32-52(50)66(56)60(46)58/h7-38H,1-6H3/i1D3,2D3,3D3,27D,28D,29D,30D,31D,32D,33D,34D,35D,36D,37D,38D. The van der Waals surface area contributed by atoms with Crippen molar-refractivity contribution in [2.24, 2.45) is 0 Å². The molecule has 13 aromatic rings. The molecule has 0 bridgehead atoms. The minimum atomic E-state index is -4.00. The number of benzene rings is 9. The monoisotopic (exact) mass is 872 g/mol. The highest BCUT2D eigenvalue weighted by atomic mass is 15.2. The van der Waals surface area contributed by atoms with E-state index in [4.69, 9.17) is 12.3 Å². The summed E-state index contributed by atoms with van der Waals surface area (Å²) in [5.41, 5.74) is -5.20. The fraction of sp³-hybridized carbons (Fsp3) is 0.129. The van der Waals surface area contributed by atoms with E-state index in [1.54, 1.807) is 94.7 Å². The van der Waals surface area contributed by atoms with Crippen molar-refractivity contribution < 1.29 is 28.8 Å². The number of nitrogens with zero attached hydrogens (tertiary/aromatic N) is 4. The first kappa shape index (κ1) is 22.9. The van der Waals surface area contributed by atoms with E-state index in [-0.39, 0.29) is 100 Å². The number of hydrogen-bond donors (Lipinski definition) is 0. The minimum absolute atomic E-state index is 0.0507. The molecule has 318 valence electrons. The Kier molecular flexibility index (Phi) is 4.80. The molecule has 9 aromatic carbocycles. The molecule has 13 rings (SSSR count). The number of rotatable bonds is 6. The Balaban J connectivity index is 1.34. The molecule has 4 nitrogen and oxygen atoms in total. The van der Waals surface area contributed by atoms with Crippen molar-refractivity contribution in [1.82, 2.24) is 8.80 Å². The van der Waals surface area contributed by atoms with Gasteiger partial charge in [-0.1, -0.05) is 138 Å². The number of hydrogen-bond acceptors (Lipinski definition) is 2. The predicted molar refractivity (Wildman–Crippen MR) is 283 cm³/mol. The molecule has 66 heavy (non-hydrogen) atoms. The van der Waals surface area contributed by atoms with Crippen LogP contribution in [-0.2, 0) is 10.8 Å². The summed E-state index contributed by atoms with van der Waals surface area (Å²) in [7, 11) is 0. The van der Waals surface area contributed by atoms with Crippen LogP contribution < -0.4 is 9.80 Å². The van der Waals surface area contributed by atoms with Gasteiger partial charge in [-0.05, 0) is 119 Å². The Morgan fingerprint density at radius 3 is 1.09 bits per heavy atom. The largest absolute Gasteiger partial charge is 0.310 e. The predicted octanol–water partition coefficient (Wildman–Crippen LogP) is 17.5. The van der Waals surface area contributed by atoms with E-state index < -0.39 is 102 Å². The number of aromatic nitrogens is 2. The van der Waals surface area contributed by atoms with Crippen LogP contribution in [0.25, 0.3) is 76.2 Å². The fourth-order valence-corrected chi connectivity index (χ4v) is 9.61. The lowest BCUT2D eigenvalue weighted by Gasteiger charge is -2.26. The molecule has 0 saturated carbocycles. The van der Waals surface area contributed by atoms with Gasteiger partial charge in [-0.3, -0.25) is 0 Å². The molecule has 0 N–H and O–H groups in total. The van der Waals surface area contributed by atoms with Gasteiger partial charge in [-0.15, -0.1) is 0 Å². The second kappa shape index (κ2) is 13.8. The van der Waals surface area contributed by atoms with E-state index in [0.29, 0.717) is 22.7 Å². The first-order valence-electron chi connectivity index (χ1n) is 32.1. The van der Waals surface area contributed by atoms with Gasteiger partial charge in [0.2, 0.25) is 0 Å². The van der Waals surface area contributed by atoms with E-state index in [1.165, 1.54) is 8.80 Å². The summed E-state index contributed by atoms with van der Waals surface area (Å²) >= 11 is 0. The van der Waals surface area contributed by atoms with Gasteiger partial charge in [0, 0.05) is 78.2 Å². The number of para-hydroxylation sites is 4. The molecular weight excluding hydrogens is 801 g/mol. The van der Waals surface area contributed by atoms with Crippen LogP contribution in [0.15, 0.2) is 194 Å². The van der Waals surface area contributed by atoms with Gasteiger partial charge < -0.3 is 18.6 Å². The second-order valence-corrected chi connectivity index (χ2v) is 17.7. The lowest BCUT2D eigenvalue weighted by Crippen LogP contribution is -2.11. The number of anilines is 6. The number of fused-ring (bicyclic) bond motifs is 12. The van der Waals surface area contributed by atoms with Crippen LogP contribution in [0.1, 0.15) is 81.2 Å². The summed E-state index contributed by atoms with van der Waals surface area (Å²) in [6, 6.07) is 27.9. The molecule has 0 atom stereocenters. The highest BCUT2D eigenvalue weighted by Gasteiger charge is 2.29. The maximum Gasteiger partial charge on any atom is 0.0653 e. The van der Waals surface area contributed by atoms with Crippen LogP contribution in [0.5, 0.6) is 0 Å². The lowest BCUT2D eigenvalue weighted by atomic mass is 9.86. The van der Waals surface area contributed by atoms with Crippen molar-refractivity contribution in [3.05, 3.63) is 205 Å². The molecule has 0 amide bonds. The summed E-state index contributed by atoms with van der Waals surface area (Å²) in [6.45, 7) is -6.57. The molecule has 0 fully saturated rings. The Labute approximate surface area is 414 Å². The van der Waals surface area contributed by atoms with E-state index in [9.17, 15) is 16.4 Å². The summed E-state index contributed by atoms with van der Waals surface area (Å²) < 4.78 is 204. The second-order valence-electron chi connectivity index (χ2n) is 17.7. The minimum Gasteiger partial charge on any atom is -0.310 e. The van der Waals surface area contributed by atoms with Crippen LogP contribution in [0.4, 0.5) is 34.1 Å². The van der Waals surface area contributed by atoms with Crippen molar-refractivity contribution in [3.8, 4) is 0 Å². The SMILES string of the molecule is [2H]c1c([2H])c2c3c([2H])c4c(c([2H])c3n3c5c([2H])c([2H])c(C(C)(C)C)c([2H])c5c(c1N(c1ccccc1)c1ccccc1)c23)c1c([2H])c([2H])c(N(c2ccccc2)c2ccccc2)c2c3c([2H])c(C(C([2H])([2H])[2H])(C([2H])([2H])[2H])C([2H])([2H])[2H])c([2H])c([2H])c3n4c12. The average Bonchev–Trinajstić information content (AvgIpc) is 1.52. The molecule has 0 aliphatic carbocycles. The Morgan fingerprint density at radius 1 is 0.379 bits per heavy atom. The third kappa shape index (κ3) is 5.51. The van der Waals surface area contributed by atoms with Gasteiger partial charge in [-0.25, -0.2) is 0 Å². The zero-order valence-electron chi connectivity index (χ0n) is 56.8. The highest BCUT2D eigenvalue weighted by Crippen LogP contribution is 2.52. The van der Waals surface area contributed by atoms with Crippen molar-refractivity contribution in [2.45, 2.75) is 52.2 Å². The third-order valence-corrected chi connectivity index (χ3v) is 12.5. The zero-order valence-corrected chi connectivity index (χ0v) is 35.8. The van der Waals surface area contributed by atoms with Gasteiger partial charge in [0.15, 0.2) is 0 Å². The van der Waals surface area contributed by atoms with Gasteiger partial charge in [-0.2, -0.15) is 0 Å². The van der Waals surface area contributed by atoms with Crippen molar-refractivity contribution in [1.29, 1.82) is 0 Å². The van der Waals surface area contributed by atoms with Crippen molar-refractivity contribution in [2.75, 3.05) is 9.80 Å². The molecule has 4 aromatic heterocycles. The maximum absolute atomic E-state index is 10.7. The summed E-state index contributed by atoms with van der Waals surface area (Å²) in [5, 5.41) is -1.09. The van der Waals surface area contributed by atoms with Crippen LogP contribution >= 0.6 is 0 Å². The van der Waals surface area contributed by atoms with E-state index >= 15 is 0 Å². The van der Waals surface area contributed by atoms with E-state index in [2.05, 4.69) is 0 Å². The summed E-state index contributed by atoms with van der Waals surface area (Å²) in [5.74, 6) is 0. The Morgan fingerprint density at radius 2 is 0.742 bits per heavy atom. The Hall–Kier alpha value is -7.82. The zero-order chi connectivity index (χ0) is 62.6. The van der Waals surface area contributed by atoms with Crippen LogP contribution in [0, 0.1) is 0 Å². The van der Waals surface area contributed by atoms with Crippen molar-refractivity contribution >= 4 is 110 Å². The molecule has 4 heterocycles. The molecule has 0 radical (unpaired) electrons. The topological polar surface area (TPSA) is 15.3 Å². The molecule has 0 aliphatic heterocycles. The average molecular weight is 872 g/mol. The smallest absolute Gasteiger partial charge is 0.0653 e. The molecular formula is C62H50N4. The van der Waals surface area contributed by atoms with Crippen LogP contribution in [0.3, 0.4) is 0 Å². The summed E-state index contributed by atoms with van der Waals surface area (Å²) in [6.07, 6.45) is 0. The highest BCUT2D eigenvalue weighted by molar-refractivity contribution is 6.32. The molecule has 0 unspecified atom stereocenters. The Bertz CT molecular complexity index is 4930. The van der Waals surface area contributed by atoms with Crippen LogP contribution in [0.2, 0.25) is 0 Å². The first-order chi connectivity index (χ1) is 40.9. The fourth-order valence-electron chi connectivity index (χ4n) is 9.61. The maximum atomic E-state index is 10.7. The quantitative estimate of drug-likeness (QED) is 0.165. The molecule has 0 aliphatic rings. The van der Waals surface area contributed by atoms with Gasteiger partial charge in [0.1, 0.15) is 0 Å². The van der Waals surface area contributed by atoms with Gasteiger partial charge in [0.05, 0.1) is 60.9 Å².